The largest absolute Gasteiger partial charge is 0.462 e. The minimum Gasteiger partial charge on any atom is -0.462 e. The van der Waals surface area contributed by atoms with Crippen molar-refractivity contribution < 1.29 is 23.8 Å². The fourth-order valence-corrected chi connectivity index (χ4v) is 2.77. The molecule has 0 saturated heterocycles. The molecule has 31 heavy (non-hydrogen) atoms. The van der Waals surface area contributed by atoms with Crippen molar-refractivity contribution in [2.75, 3.05) is 13.2 Å². The fourth-order valence-electron chi connectivity index (χ4n) is 2.77. The van der Waals surface area contributed by atoms with Crippen molar-refractivity contribution in [3.8, 4) is 17.6 Å². The third kappa shape index (κ3) is 5.25. The Kier molecular flexibility index (Phi) is 6.96. The van der Waals surface area contributed by atoms with E-state index in [4.69, 9.17) is 14.2 Å². The number of hydrogen-bond donors (Lipinski definition) is 0. The Balaban J connectivity index is 1.92. The first-order chi connectivity index (χ1) is 14.9. The first kappa shape index (κ1) is 21.9. The summed E-state index contributed by atoms with van der Waals surface area (Å²) in [6, 6.07) is 8.26. The van der Waals surface area contributed by atoms with Crippen LogP contribution in [0.4, 0.5) is 0 Å². The van der Waals surface area contributed by atoms with Gasteiger partial charge in [0.1, 0.15) is 11.3 Å². The summed E-state index contributed by atoms with van der Waals surface area (Å²) >= 11 is 0. The molecule has 2 heterocycles. The zero-order valence-corrected chi connectivity index (χ0v) is 17.9. The number of esters is 2. The molecule has 2 aromatic heterocycles. The van der Waals surface area contributed by atoms with Crippen LogP contribution in [0.15, 0.2) is 36.5 Å². The summed E-state index contributed by atoms with van der Waals surface area (Å²) in [4.78, 5) is 33.0. The van der Waals surface area contributed by atoms with Gasteiger partial charge in [0.05, 0.1) is 30.7 Å². The molecule has 0 N–H and O–H groups in total. The van der Waals surface area contributed by atoms with Crippen molar-refractivity contribution in [2.24, 2.45) is 0 Å². The summed E-state index contributed by atoms with van der Waals surface area (Å²) in [5, 5.41) is 4.36. The Hall–Kier alpha value is -3.75. The second kappa shape index (κ2) is 9.84. The van der Waals surface area contributed by atoms with E-state index in [1.54, 1.807) is 35.9 Å². The monoisotopic (exact) mass is 424 g/mol. The standard InChI is InChI=1S/C22H24N4O5/c1-5-11-30-20(27)16-7-9-17(10-8-16)31-19-18(21(28)29-6-2)13-23-22(24-19)26-15(4)12-14(3)25-26/h7-10,12-13H,5-6,11H2,1-4H3. The van der Waals surface area contributed by atoms with Crippen LogP contribution in [0.5, 0.6) is 11.6 Å². The highest BCUT2D eigenvalue weighted by Crippen LogP contribution is 2.25. The van der Waals surface area contributed by atoms with E-state index >= 15 is 0 Å². The lowest BCUT2D eigenvalue weighted by Gasteiger charge is -2.11. The van der Waals surface area contributed by atoms with Crippen LogP contribution < -0.4 is 4.74 Å². The third-order valence-corrected chi connectivity index (χ3v) is 4.18. The molecule has 9 heteroatoms. The molecule has 3 rings (SSSR count). The Morgan fingerprint density at radius 3 is 2.39 bits per heavy atom. The number of ether oxygens (including phenoxy) is 3. The molecular formula is C22H24N4O5. The van der Waals surface area contributed by atoms with E-state index in [1.165, 1.54) is 6.20 Å². The van der Waals surface area contributed by atoms with Gasteiger partial charge in [-0.2, -0.15) is 10.1 Å². The SMILES string of the molecule is CCCOC(=O)c1ccc(Oc2nc(-n3nc(C)cc3C)ncc2C(=O)OCC)cc1. The van der Waals surface area contributed by atoms with Gasteiger partial charge in [0.15, 0.2) is 0 Å². The van der Waals surface area contributed by atoms with Crippen LogP contribution in [0.25, 0.3) is 5.95 Å². The molecule has 3 aromatic rings. The molecule has 1 aromatic carbocycles. The predicted octanol–water partition coefficient (Wildman–Crippen LogP) is 3.81. The van der Waals surface area contributed by atoms with Crippen LogP contribution in [0.2, 0.25) is 0 Å². The van der Waals surface area contributed by atoms with Crippen LogP contribution in [-0.4, -0.2) is 44.9 Å². The van der Waals surface area contributed by atoms with Crippen LogP contribution in [0.1, 0.15) is 52.4 Å². The van der Waals surface area contributed by atoms with E-state index in [1.807, 2.05) is 26.8 Å². The first-order valence-electron chi connectivity index (χ1n) is 9.95. The number of carbonyl (C=O) groups excluding carboxylic acids is 2. The molecule has 0 aliphatic heterocycles. The molecule has 0 radical (unpaired) electrons. The van der Waals surface area contributed by atoms with Gasteiger partial charge in [-0.1, -0.05) is 6.92 Å². The third-order valence-electron chi connectivity index (χ3n) is 4.18. The number of carbonyl (C=O) groups is 2. The van der Waals surface area contributed by atoms with Crippen molar-refractivity contribution in [2.45, 2.75) is 34.1 Å². The molecule has 0 amide bonds. The molecular weight excluding hydrogens is 400 g/mol. The Morgan fingerprint density at radius 1 is 1.03 bits per heavy atom. The predicted molar refractivity (Wildman–Crippen MR) is 112 cm³/mol. The Bertz CT molecular complexity index is 1080. The normalized spacial score (nSPS) is 10.6. The molecule has 0 fully saturated rings. The molecule has 9 nitrogen and oxygen atoms in total. The number of rotatable bonds is 8. The summed E-state index contributed by atoms with van der Waals surface area (Å²) < 4.78 is 17.6. The van der Waals surface area contributed by atoms with Crippen molar-refractivity contribution in [1.82, 2.24) is 19.7 Å². The van der Waals surface area contributed by atoms with Crippen molar-refractivity contribution in [3.05, 3.63) is 59.0 Å². The number of nitrogens with zero attached hydrogens (tertiary/aromatic N) is 4. The van der Waals surface area contributed by atoms with Gasteiger partial charge < -0.3 is 14.2 Å². The summed E-state index contributed by atoms with van der Waals surface area (Å²) in [6.07, 6.45) is 2.09. The van der Waals surface area contributed by atoms with E-state index in [-0.39, 0.29) is 24.0 Å². The second-order valence-electron chi connectivity index (χ2n) is 6.71. The summed E-state index contributed by atoms with van der Waals surface area (Å²) in [5.74, 6) is -0.340. The second-order valence-corrected chi connectivity index (χ2v) is 6.71. The molecule has 0 atom stereocenters. The maximum Gasteiger partial charge on any atom is 0.345 e. The Labute approximate surface area is 180 Å². The smallest absolute Gasteiger partial charge is 0.345 e. The van der Waals surface area contributed by atoms with Gasteiger partial charge in [0.25, 0.3) is 5.95 Å². The van der Waals surface area contributed by atoms with E-state index in [0.29, 0.717) is 17.9 Å². The van der Waals surface area contributed by atoms with E-state index in [9.17, 15) is 9.59 Å². The lowest BCUT2D eigenvalue weighted by atomic mass is 10.2. The highest BCUT2D eigenvalue weighted by atomic mass is 16.5. The first-order valence-corrected chi connectivity index (χ1v) is 9.95. The van der Waals surface area contributed by atoms with Crippen molar-refractivity contribution in [1.29, 1.82) is 0 Å². The van der Waals surface area contributed by atoms with Gasteiger partial charge in [0.2, 0.25) is 5.88 Å². The van der Waals surface area contributed by atoms with Crippen LogP contribution in [0.3, 0.4) is 0 Å². The zero-order valence-electron chi connectivity index (χ0n) is 17.9. The lowest BCUT2D eigenvalue weighted by Crippen LogP contribution is -2.12. The molecule has 0 saturated carbocycles. The lowest BCUT2D eigenvalue weighted by molar-refractivity contribution is 0.0501. The molecule has 0 spiro atoms. The minimum atomic E-state index is -0.600. The highest BCUT2D eigenvalue weighted by Gasteiger charge is 2.20. The fraction of sp³-hybridized carbons (Fsp3) is 0.318. The number of aryl methyl sites for hydroxylation is 2. The molecule has 162 valence electrons. The molecule has 0 bridgehead atoms. The maximum absolute atomic E-state index is 12.4. The van der Waals surface area contributed by atoms with Crippen molar-refractivity contribution >= 4 is 11.9 Å². The van der Waals surface area contributed by atoms with Gasteiger partial charge in [-0.05, 0) is 57.5 Å². The van der Waals surface area contributed by atoms with Crippen LogP contribution >= 0.6 is 0 Å². The zero-order chi connectivity index (χ0) is 22.4. The van der Waals surface area contributed by atoms with Gasteiger partial charge in [0, 0.05) is 5.69 Å². The van der Waals surface area contributed by atoms with E-state index in [2.05, 4.69) is 15.1 Å². The number of aromatic nitrogens is 4. The summed E-state index contributed by atoms with van der Waals surface area (Å²) in [5.41, 5.74) is 2.13. The van der Waals surface area contributed by atoms with Crippen molar-refractivity contribution in [3.63, 3.8) is 0 Å². The molecule has 0 unspecified atom stereocenters. The Morgan fingerprint density at radius 2 is 1.77 bits per heavy atom. The maximum atomic E-state index is 12.4. The van der Waals surface area contributed by atoms with Gasteiger partial charge in [-0.25, -0.2) is 19.3 Å². The minimum absolute atomic E-state index is 0.0253. The van der Waals surface area contributed by atoms with Crippen LogP contribution in [-0.2, 0) is 9.47 Å². The summed E-state index contributed by atoms with van der Waals surface area (Å²) in [7, 11) is 0. The highest BCUT2D eigenvalue weighted by molar-refractivity contribution is 5.92. The quantitative estimate of drug-likeness (QED) is 0.503. The van der Waals surface area contributed by atoms with Crippen LogP contribution in [0, 0.1) is 13.8 Å². The average Bonchev–Trinajstić information content (AvgIpc) is 3.10. The molecule has 0 aliphatic carbocycles. The van der Waals surface area contributed by atoms with Gasteiger partial charge in [-0.15, -0.1) is 0 Å². The number of benzene rings is 1. The van der Waals surface area contributed by atoms with E-state index in [0.717, 1.165) is 17.8 Å². The summed E-state index contributed by atoms with van der Waals surface area (Å²) in [6.45, 7) is 7.93. The van der Waals surface area contributed by atoms with Gasteiger partial charge >= 0.3 is 11.9 Å². The number of hydrogen-bond acceptors (Lipinski definition) is 8. The average molecular weight is 424 g/mol. The topological polar surface area (TPSA) is 105 Å². The molecule has 0 aliphatic rings. The van der Waals surface area contributed by atoms with Gasteiger partial charge in [-0.3, -0.25) is 0 Å². The van der Waals surface area contributed by atoms with E-state index < -0.39 is 11.9 Å².